The average molecular weight is 319 g/mol. The molecule has 122 valence electrons. The van der Waals surface area contributed by atoms with E-state index < -0.39 is 0 Å². The van der Waals surface area contributed by atoms with Crippen molar-refractivity contribution in [1.29, 1.82) is 0 Å². The van der Waals surface area contributed by atoms with Crippen molar-refractivity contribution in [3.63, 3.8) is 0 Å². The summed E-state index contributed by atoms with van der Waals surface area (Å²) in [6, 6.07) is 0. The van der Waals surface area contributed by atoms with Crippen molar-refractivity contribution >= 4 is 21.8 Å². The van der Waals surface area contributed by atoms with E-state index in [-0.39, 0.29) is 0 Å². The highest BCUT2D eigenvalue weighted by atomic mass is 35.5. The fraction of sp³-hybridized carbons (Fsp3) is 1.00. The first-order valence-electron chi connectivity index (χ1n) is 9.41. The topological polar surface area (TPSA) is 0 Å². The SMILES string of the molecule is CCCCCCCCCCCCCCCCCC([SiH3])Cl. The maximum absolute atomic E-state index is 6.00. The lowest BCUT2D eigenvalue weighted by atomic mass is 10.0. The van der Waals surface area contributed by atoms with Gasteiger partial charge < -0.3 is 0 Å². The molecule has 0 fully saturated rings. The van der Waals surface area contributed by atoms with E-state index in [1.807, 2.05) is 0 Å². The molecule has 0 nitrogen and oxygen atoms in total. The van der Waals surface area contributed by atoms with Crippen molar-refractivity contribution in [2.45, 2.75) is 115 Å². The van der Waals surface area contributed by atoms with E-state index in [1.54, 1.807) is 0 Å². The number of alkyl halides is 1. The molecule has 0 bridgehead atoms. The first-order chi connectivity index (χ1) is 9.77. The van der Waals surface area contributed by atoms with Crippen molar-refractivity contribution in [2.75, 3.05) is 0 Å². The summed E-state index contributed by atoms with van der Waals surface area (Å²) in [5.74, 6) is 0. The van der Waals surface area contributed by atoms with Crippen LogP contribution in [0.25, 0.3) is 0 Å². The monoisotopic (exact) mass is 318 g/mol. The normalized spacial score (nSPS) is 12.9. The second-order valence-corrected chi connectivity index (χ2v) is 9.39. The highest BCUT2D eigenvalue weighted by Gasteiger charge is 1.96. The van der Waals surface area contributed by atoms with Crippen LogP contribution in [0.4, 0.5) is 0 Å². The van der Waals surface area contributed by atoms with Crippen LogP contribution in [0.3, 0.4) is 0 Å². The minimum atomic E-state index is 0.511. The molecule has 20 heavy (non-hydrogen) atoms. The number of rotatable bonds is 16. The molecule has 1 atom stereocenters. The van der Waals surface area contributed by atoms with Crippen LogP contribution < -0.4 is 0 Å². The van der Waals surface area contributed by atoms with Gasteiger partial charge in [0, 0.05) is 15.2 Å². The third kappa shape index (κ3) is 18.5. The minimum Gasteiger partial charge on any atom is -0.128 e. The molecule has 0 amide bonds. The fourth-order valence-electron chi connectivity index (χ4n) is 2.80. The quantitative estimate of drug-likeness (QED) is 0.181. The molecule has 1 unspecified atom stereocenters. The van der Waals surface area contributed by atoms with Gasteiger partial charge in [0.05, 0.1) is 0 Å². The second-order valence-electron chi connectivity index (χ2n) is 6.52. The summed E-state index contributed by atoms with van der Waals surface area (Å²) in [4.78, 5) is 0. The lowest BCUT2D eigenvalue weighted by Crippen LogP contribution is -1.95. The first-order valence-corrected chi connectivity index (χ1v) is 11.0. The van der Waals surface area contributed by atoms with Gasteiger partial charge in [0.1, 0.15) is 0 Å². The Labute approximate surface area is 136 Å². The van der Waals surface area contributed by atoms with Crippen LogP contribution >= 0.6 is 11.6 Å². The van der Waals surface area contributed by atoms with Crippen LogP contribution in [0.15, 0.2) is 0 Å². The molecule has 0 aromatic rings. The molecular formula is C18H39ClSi. The molecular weight excluding hydrogens is 280 g/mol. The molecule has 0 radical (unpaired) electrons. The van der Waals surface area contributed by atoms with Gasteiger partial charge in [-0.3, -0.25) is 0 Å². The molecule has 0 heterocycles. The van der Waals surface area contributed by atoms with Crippen LogP contribution in [0.2, 0.25) is 0 Å². The van der Waals surface area contributed by atoms with Gasteiger partial charge in [-0.05, 0) is 6.42 Å². The Morgan fingerprint density at radius 3 is 1.20 bits per heavy atom. The zero-order valence-electron chi connectivity index (χ0n) is 14.3. The summed E-state index contributed by atoms with van der Waals surface area (Å²) in [6.45, 7) is 2.29. The van der Waals surface area contributed by atoms with Crippen molar-refractivity contribution in [3.05, 3.63) is 0 Å². The molecule has 0 N–H and O–H groups in total. The van der Waals surface area contributed by atoms with E-state index in [0.29, 0.717) is 5.00 Å². The van der Waals surface area contributed by atoms with Gasteiger partial charge in [0.2, 0.25) is 0 Å². The number of hydrogen-bond donors (Lipinski definition) is 0. The number of halogens is 1. The molecule has 0 aliphatic rings. The lowest BCUT2D eigenvalue weighted by molar-refractivity contribution is 0.531. The zero-order valence-corrected chi connectivity index (χ0v) is 17.0. The molecule has 0 aliphatic heterocycles. The van der Waals surface area contributed by atoms with E-state index in [1.165, 1.54) is 103 Å². The van der Waals surface area contributed by atoms with Gasteiger partial charge in [0.15, 0.2) is 0 Å². The molecule has 0 aromatic carbocycles. The highest BCUT2D eigenvalue weighted by Crippen LogP contribution is 2.14. The largest absolute Gasteiger partial charge is 0.128 e. The predicted octanol–water partition coefficient (Wildman–Crippen LogP) is 6.18. The maximum atomic E-state index is 6.00. The van der Waals surface area contributed by atoms with E-state index in [4.69, 9.17) is 11.6 Å². The molecule has 0 saturated carbocycles. The van der Waals surface area contributed by atoms with Crippen LogP contribution in [0.1, 0.15) is 110 Å². The summed E-state index contributed by atoms with van der Waals surface area (Å²) in [7, 11) is 1.16. The molecule has 0 aliphatic carbocycles. The maximum Gasteiger partial charge on any atom is 0.0254 e. The van der Waals surface area contributed by atoms with Gasteiger partial charge in [-0.25, -0.2) is 0 Å². The molecule has 0 saturated heterocycles. The van der Waals surface area contributed by atoms with E-state index >= 15 is 0 Å². The van der Waals surface area contributed by atoms with E-state index in [9.17, 15) is 0 Å². The van der Waals surface area contributed by atoms with Gasteiger partial charge in [-0.2, -0.15) is 0 Å². The number of unbranched alkanes of at least 4 members (excludes halogenated alkanes) is 14. The van der Waals surface area contributed by atoms with Gasteiger partial charge in [-0.15, -0.1) is 11.6 Å². The van der Waals surface area contributed by atoms with Crippen molar-refractivity contribution < 1.29 is 0 Å². The van der Waals surface area contributed by atoms with E-state index in [2.05, 4.69) is 6.92 Å². The Bertz CT molecular complexity index is 171. The third-order valence-electron chi connectivity index (χ3n) is 4.21. The Morgan fingerprint density at radius 2 is 0.900 bits per heavy atom. The minimum absolute atomic E-state index is 0.511. The number of hydrogen-bond acceptors (Lipinski definition) is 0. The molecule has 0 spiro atoms. The van der Waals surface area contributed by atoms with Crippen molar-refractivity contribution in [3.8, 4) is 0 Å². The molecule has 2 heteroatoms. The Balaban J connectivity index is 2.92. The van der Waals surface area contributed by atoms with Gasteiger partial charge >= 0.3 is 0 Å². The molecule has 0 aromatic heterocycles. The summed E-state index contributed by atoms with van der Waals surface area (Å²) >= 11 is 6.00. The predicted molar refractivity (Wildman–Crippen MR) is 99.1 cm³/mol. The van der Waals surface area contributed by atoms with Gasteiger partial charge in [-0.1, -0.05) is 103 Å². The standard InChI is InChI=1S/C18H39ClSi/c1-2-3-4-5-6-7-8-9-10-11-12-13-14-15-16-17-18(19)20/h18H,2-17H2,1,20H3. The smallest absolute Gasteiger partial charge is 0.0254 e. The Kier molecular flexibility index (Phi) is 18.0. The zero-order chi connectivity index (χ0) is 14.9. The summed E-state index contributed by atoms with van der Waals surface area (Å²) in [5.41, 5.74) is 0. The van der Waals surface area contributed by atoms with Crippen LogP contribution in [-0.2, 0) is 0 Å². The molecule has 0 rings (SSSR count). The Hall–Kier alpha value is 0.507. The van der Waals surface area contributed by atoms with Crippen LogP contribution in [0, 0.1) is 0 Å². The first kappa shape index (κ1) is 20.5. The fourth-order valence-corrected chi connectivity index (χ4v) is 3.36. The summed E-state index contributed by atoms with van der Waals surface area (Å²) < 4.78 is 0. The summed E-state index contributed by atoms with van der Waals surface area (Å²) in [6.07, 6.45) is 22.9. The third-order valence-corrected chi connectivity index (χ3v) is 5.00. The van der Waals surface area contributed by atoms with Crippen LogP contribution in [0.5, 0.6) is 0 Å². The average Bonchev–Trinajstić information content (AvgIpc) is 2.43. The van der Waals surface area contributed by atoms with Crippen molar-refractivity contribution in [1.82, 2.24) is 0 Å². The highest BCUT2D eigenvalue weighted by molar-refractivity contribution is 6.40. The van der Waals surface area contributed by atoms with E-state index in [0.717, 1.165) is 10.2 Å². The van der Waals surface area contributed by atoms with Crippen LogP contribution in [-0.4, -0.2) is 15.2 Å². The summed E-state index contributed by atoms with van der Waals surface area (Å²) in [5, 5.41) is 0.511. The van der Waals surface area contributed by atoms with Crippen molar-refractivity contribution in [2.24, 2.45) is 0 Å². The Morgan fingerprint density at radius 1 is 0.600 bits per heavy atom. The lowest BCUT2D eigenvalue weighted by Gasteiger charge is -2.04. The van der Waals surface area contributed by atoms with Gasteiger partial charge in [0.25, 0.3) is 0 Å². The second kappa shape index (κ2) is 17.6.